The van der Waals surface area contributed by atoms with E-state index in [9.17, 15) is 10.1 Å². The van der Waals surface area contributed by atoms with E-state index >= 15 is 0 Å². The lowest BCUT2D eigenvalue weighted by atomic mass is 10.1. The van der Waals surface area contributed by atoms with Gasteiger partial charge in [0.1, 0.15) is 0 Å². The van der Waals surface area contributed by atoms with Crippen molar-refractivity contribution in [1.29, 1.82) is 0 Å². The summed E-state index contributed by atoms with van der Waals surface area (Å²) in [4.78, 5) is 10.1. The SMILES string of the molecule is O=[N+]([O-])c1ccc(NCCCOC2CCNCC2)cc1. The minimum atomic E-state index is -0.392. The van der Waals surface area contributed by atoms with Gasteiger partial charge in [-0.2, -0.15) is 0 Å². The molecule has 1 saturated heterocycles. The molecule has 0 aromatic heterocycles. The number of nitrogens with one attached hydrogen (secondary N) is 2. The highest BCUT2D eigenvalue weighted by Crippen LogP contribution is 2.15. The number of rotatable bonds is 7. The number of nitro benzene ring substituents is 1. The monoisotopic (exact) mass is 279 g/mol. The van der Waals surface area contributed by atoms with Crippen molar-refractivity contribution >= 4 is 11.4 Å². The molecule has 1 fully saturated rings. The van der Waals surface area contributed by atoms with Gasteiger partial charge in [-0.25, -0.2) is 0 Å². The summed E-state index contributed by atoms with van der Waals surface area (Å²) >= 11 is 0. The van der Waals surface area contributed by atoms with Crippen molar-refractivity contribution in [3.63, 3.8) is 0 Å². The van der Waals surface area contributed by atoms with Crippen molar-refractivity contribution in [2.45, 2.75) is 25.4 Å². The molecular formula is C14H21N3O3. The molecule has 110 valence electrons. The van der Waals surface area contributed by atoms with Crippen LogP contribution in [-0.4, -0.2) is 37.3 Å². The van der Waals surface area contributed by atoms with Crippen LogP contribution in [0.5, 0.6) is 0 Å². The first-order valence-electron chi connectivity index (χ1n) is 7.06. The topological polar surface area (TPSA) is 76.4 Å². The van der Waals surface area contributed by atoms with E-state index in [0.29, 0.717) is 6.10 Å². The average molecular weight is 279 g/mol. The predicted octanol–water partition coefficient (Wildman–Crippen LogP) is 2.17. The van der Waals surface area contributed by atoms with Crippen molar-refractivity contribution in [3.05, 3.63) is 34.4 Å². The first kappa shape index (κ1) is 14.7. The Balaban J connectivity index is 1.59. The van der Waals surface area contributed by atoms with Gasteiger partial charge in [-0.3, -0.25) is 10.1 Å². The number of nitro groups is 1. The Labute approximate surface area is 118 Å². The summed E-state index contributed by atoms with van der Waals surface area (Å²) in [5.41, 5.74) is 1.02. The molecule has 0 atom stereocenters. The Morgan fingerprint density at radius 3 is 2.65 bits per heavy atom. The summed E-state index contributed by atoms with van der Waals surface area (Å²) in [7, 11) is 0. The Kier molecular flexibility index (Phi) is 5.76. The van der Waals surface area contributed by atoms with E-state index in [2.05, 4.69) is 10.6 Å². The fraction of sp³-hybridized carbons (Fsp3) is 0.571. The highest BCUT2D eigenvalue weighted by molar-refractivity contribution is 5.48. The van der Waals surface area contributed by atoms with Gasteiger partial charge < -0.3 is 15.4 Å². The zero-order valence-electron chi connectivity index (χ0n) is 11.5. The number of anilines is 1. The van der Waals surface area contributed by atoms with Crippen molar-refractivity contribution in [2.24, 2.45) is 0 Å². The van der Waals surface area contributed by atoms with Gasteiger partial charge in [0.25, 0.3) is 5.69 Å². The van der Waals surface area contributed by atoms with E-state index < -0.39 is 4.92 Å². The summed E-state index contributed by atoms with van der Waals surface area (Å²) in [6.07, 6.45) is 3.52. The van der Waals surface area contributed by atoms with Crippen molar-refractivity contribution in [2.75, 3.05) is 31.6 Å². The van der Waals surface area contributed by atoms with Crippen LogP contribution in [0.25, 0.3) is 0 Å². The molecule has 1 aromatic rings. The molecule has 0 bridgehead atoms. The van der Waals surface area contributed by atoms with Gasteiger partial charge in [0, 0.05) is 31.0 Å². The first-order chi connectivity index (χ1) is 9.75. The quantitative estimate of drug-likeness (QED) is 0.454. The molecule has 1 aromatic carbocycles. The third kappa shape index (κ3) is 4.79. The lowest BCUT2D eigenvalue weighted by Crippen LogP contribution is -2.32. The Hall–Kier alpha value is -1.66. The smallest absolute Gasteiger partial charge is 0.269 e. The van der Waals surface area contributed by atoms with Crippen LogP contribution in [0.3, 0.4) is 0 Å². The molecular weight excluding hydrogens is 258 g/mol. The number of hydrogen-bond acceptors (Lipinski definition) is 5. The lowest BCUT2D eigenvalue weighted by molar-refractivity contribution is -0.384. The maximum absolute atomic E-state index is 10.5. The van der Waals surface area contributed by atoms with Crippen LogP contribution >= 0.6 is 0 Å². The molecule has 2 N–H and O–H groups in total. The molecule has 6 heteroatoms. The number of benzene rings is 1. The zero-order valence-corrected chi connectivity index (χ0v) is 11.5. The summed E-state index contributed by atoms with van der Waals surface area (Å²) in [5.74, 6) is 0. The summed E-state index contributed by atoms with van der Waals surface area (Å²) in [6, 6.07) is 6.47. The van der Waals surface area contributed by atoms with Gasteiger partial charge in [-0.05, 0) is 44.5 Å². The van der Waals surface area contributed by atoms with Crippen molar-refractivity contribution in [3.8, 4) is 0 Å². The number of non-ortho nitro benzene ring substituents is 1. The minimum Gasteiger partial charge on any atom is -0.385 e. The largest absolute Gasteiger partial charge is 0.385 e. The number of piperidine rings is 1. The van der Waals surface area contributed by atoms with Crippen molar-refractivity contribution < 1.29 is 9.66 Å². The van der Waals surface area contributed by atoms with E-state index in [1.165, 1.54) is 12.1 Å². The van der Waals surface area contributed by atoms with Crippen LogP contribution in [0.1, 0.15) is 19.3 Å². The molecule has 0 aliphatic carbocycles. The highest BCUT2D eigenvalue weighted by atomic mass is 16.6. The lowest BCUT2D eigenvalue weighted by Gasteiger charge is -2.22. The number of nitrogens with zero attached hydrogens (tertiary/aromatic N) is 1. The summed E-state index contributed by atoms with van der Waals surface area (Å²) < 4.78 is 5.80. The second kappa shape index (κ2) is 7.81. The molecule has 1 aliphatic rings. The molecule has 0 saturated carbocycles. The molecule has 0 radical (unpaired) electrons. The maximum atomic E-state index is 10.5. The van der Waals surface area contributed by atoms with Gasteiger partial charge in [0.2, 0.25) is 0 Å². The Morgan fingerprint density at radius 1 is 1.30 bits per heavy atom. The predicted molar refractivity (Wildman–Crippen MR) is 78.0 cm³/mol. The van der Waals surface area contributed by atoms with Crippen LogP contribution in [0, 0.1) is 10.1 Å². The van der Waals surface area contributed by atoms with Gasteiger partial charge >= 0.3 is 0 Å². The summed E-state index contributed by atoms with van der Waals surface area (Å²) in [5, 5.41) is 17.1. The number of ether oxygens (including phenoxy) is 1. The second-order valence-corrected chi connectivity index (χ2v) is 4.90. The van der Waals surface area contributed by atoms with Gasteiger partial charge in [-0.15, -0.1) is 0 Å². The van der Waals surface area contributed by atoms with Gasteiger partial charge in [0.15, 0.2) is 0 Å². The molecule has 1 heterocycles. The van der Waals surface area contributed by atoms with E-state index in [4.69, 9.17) is 4.74 Å². The van der Waals surface area contributed by atoms with Crippen LogP contribution < -0.4 is 10.6 Å². The van der Waals surface area contributed by atoms with E-state index in [0.717, 1.165) is 51.2 Å². The third-order valence-corrected chi connectivity index (χ3v) is 3.37. The molecule has 0 unspecified atom stereocenters. The average Bonchev–Trinajstić information content (AvgIpc) is 2.48. The molecule has 20 heavy (non-hydrogen) atoms. The fourth-order valence-electron chi connectivity index (χ4n) is 2.22. The Bertz CT molecular complexity index is 416. The second-order valence-electron chi connectivity index (χ2n) is 4.90. The zero-order chi connectivity index (χ0) is 14.2. The Morgan fingerprint density at radius 2 is 2.00 bits per heavy atom. The van der Waals surface area contributed by atoms with E-state index in [-0.39, 0.29) is 5.69 Å². The van der Waals surface area contributed by atoms with E-state index in [1.54, 1.807) is 12.1 Å². The molecule has 0 amide bonds. The van der Waals surface area contributed by atoms with Crippen LogP contribution in [0.4, 0.5) is 11.4 Å². The first-order valence-corrected chi connectivity index (χ1v) is 7.06. The normalized spacial score (nSPS) is 16.0. The van der Waals surface area contributed by atoms with Crippen LogP contribution in [0.15, 0.2) is 24.3 Å². The van der Waals surface area contributed by atoms with Crippen LogP contribution in [-0.2, 0) is 4.74 Å². The molecule has 1 aliphatic heterocycles. The summed E-state index contributed by atoms with van der Waals surface area (Å²) in [6.45, 7) is 3.66. The van der Waals surface area contributed by atoms with E-state index in [1.807, 2.05) is 0 Å². The minimum absolute atomic E-state index is 0.116. The number of hydrogen-bond donors (Lipinski definition) is 2. The third-order valence-electron chi connectivity index (χ3n) is 3.37. The standard InChI is InChI=1S/C14H21N3O3/c18-17(19)13-4-2-12(3-5-13)16-8-1-11-20-14-6-9-15-10-7-14/h2-5,14-16H,1,6-11H2. The molecule has 2 rings (SSSR count). The fourth-order valence-corrected chi connectivity index (χ4v) is 2.22. The molecule has 0 spiro atoms. The molecule has 6 nitrogen and oxygen atoms in total. The van der Waals surface area contributed by atoms with Gasteiger partial charge in [0.05, 0.1) is 11.0 Å². The van der Waals surface area contributed by atoms with Gasteiger partial charge in [-0.1, -0.05) is 0 Å². The van der Waals surface area contributed by atoms with Crippen molar-refractivity contribution in [1.82, 2.24) is 5.32 Å². The maximum Gasteiger partial charge on any atom is 0.269 e. The van der Waals surface area contributed by atoms with Crippen LogP contribution in [0.2, 0.25) is 0 Å². The highest BCUT2D eigenvalue weighted by Gasteiger charge is 2.12.